The van der Waals surface area contributed by atoms with Crippen molar-refractivity contribution in [3.8, 4) is 23.7 Å². The van der Waals surface area contributed by atoms with E-state index >= 15 is 0 Å². The fraction of sp³-hybridized carbons (Fsp3) is 0.625. The number of unbranched alkanes of at least 4 members (excludes halogenated alkanes) is 3. The van der Waals surface area contributed by atoms with Crippen molar-refractivity contribution >= 4 is 12.1 Å². The monoisotopic (exact) mass is 308 g/mol. The molecule has 0 bridgehead atoms. The summed E-state index contributed by atoms with van der Waals surface area (Å²) in [6, 6.07) is 0. The van der Waals surface area contributed by atoms with E-state index in [0.29, 0.717) is 12.8 Å². The van der Waals surface area contributed by atoms with Crippen molar-refractivity contribution < 1.29 is 29.3 Å². The van der Waals surface area contributed by atoms with E-state index in [0.717, 1.165) is 19.3 Å². The van der Waals surface area contributed by atoms with Crippen molar-refractivity contribution in [2.45, 2.75) is 63.8 Å². The number of cyclic esters (lactones) is 2. The zero-order valence-corrected chi connectivity index (χ0v) is 12.5. The molecule has 0 spiro atoms. The van der Waals surface area contributed by atoms with Crippen LogP contribution in [0.25, 0.3) is 0 Å². The molecule has 6 nitrogen and oxygen atoms in total. The van der Waals surface area contributed by atoms with E-state index in [1.165, 1.54) is 0 Å². The Bertz CT molecular complexity index is 504. The molecule has 0 aliphatic carbocycles. The number of aliphatic carboxylic acids is 1. The third kappa shape index (κ3) is 6.51. The number of carboxylic acids is 1. The van der Waals surface area contributed by atoms with Crippen LogP contribution in [0.15, 0.2) is 0 Å². The normalized spacial score (nSPS) is 20.7. The van der Waals surface area contributed by atoms with Gasteiger partial charge in [0.25, 0.3) is 0 Å². The second kappa shape index (κ2) is 9.70. The minimum Gasteiger partial charge on any atom is -0.481 e. The van der Waals surface area contributed by atoms with E-state index in [9.17, 15) is 14.7 Å². The van der Waals surface area contributed by atoms with Crippen LogP contribution in [-0.2, 0) is 14.3 Å². The first-order valence-electron chi connectivity index (χ1n) is 7.24. The van der Waals surface area contributed by atoms with Crippen LogP contribution in [0.1, 0.15) is 45.4 Å². The molecule has 120 valence electrons. The van der Waals surface area contributed by atoms with Gasteiger partial charge in [0.05, 0.1) is 0 Å². The van der Waals surface area contributed by atoms with Crippen LogP contribution in [0, 0.1) is 23.7 Å². The van der Waals surface area contributed by atoms with Gasteiger partial charge in [0.1, 0.15) is 6.10 Å². The first-order chi connectivity index (χ1) is 10.5. The maximum absolute atomic E-state index is 11.2. The maximum atomic E-state index is 11.2. The minimum absolute atomic E-state index is 0.164. The number of hydrogen-bond donors (Lipinski definition) is 2. The molecule has 22 heavy (non-hydrogen) atoms. The molecule has 1 fully saturated rings. The van der Waals surface area contributed by atoms with Crippen molar-refractivity contribution in [2.75, 3.05) is 0 Å². The van der Waals surface area contributed by atoms with Crippen molar-refractivity contribution in [2.24, 2.45) is 0 Å². The quantitative estimate of drug-likeness (QED) is 0.403. The summed E-state index contributed by atoms with van der Waals surface area (Å²) in [7, 11) is 0. The highest BCUT2D eigenvalue weighted by Gasteiger charge is 2.40. The number of carbonyl (C=O) groups is 2. The highest BCUT2D eigenvalue weighted by molar-refractivity contribution is 5.66. The molecule has 1 aliphatic heterocycles. The van der Waals surface area contributed by atoms with Gasteiger partial charge in [-0.3, -0.25) is 4.79 Å². The van der Waals surface area contributed by atoms with Crippen molar-refractivity contribution in [3.05, 3.63) is 0 Å². The largest absolute Gasteiger partial charge is 0.509 e. The zero-order chi connectivity index (χ0) is 16.4. The molecule has 1 heterocycles. The highest BCUT2D eigenvalue weighted by atomic mass is 16.8. The Morgan fingerprint density at radius 2 is 1.95 bits per heavy atom. The van der Waals surface area contributed by atoms with Crippen LogP contribution in [-0.4, -0.2) is 40.6 Å². The molecule has 0 radical (unpaired) electrons. The molecular formula is C16H20O6. The highest BCUT2D eigenvalue weighted by Crippen LogP contribution is 2.23. The van der Waals surface area contributed by atoms with E-state index in [1.807, 2.05) is 0 Å². The van der Waals surface area contributed by atoms with Crippen LogP contribution in [0.2, 0.25) is 0 Å². The Balaban J connectivity index is 2.36. The van der Waals surface area contributed by atoms with E-state index in [4.69, 9.17) is 14.6 Å². The summed E-state index contributed by atoms with van der Waals surface area (Å²) in [5.74, 6) is 9.27. The summed E-state index contributed by atoms with van der Waals surface area (Å²) in [4.78, 5) is 21.6. The number of hydrogen-bond acceptors (Lipinski definition) is 5. The molecule has 0 amide bonds. The Kier molecular flexibility index (Phi) is 7.88. The molecule has 0 saturated carbocycles. The number of aliphatic hydroxyl groups excluding tert-OH is 1. The molecule has 0 unspecified atom stereocenters. The van der Waals surface area contributed by atoms with Gasteiger partial charge in [-0.05, 0) is 38.0 Å². The SMILES string of the molecule is CC#CC#C[C@H](O)[C@@H]1OC(=O)O[C@H]1CCCCCCC(=O)O. The number of carboxylic acid groups (broad SMARTS) is 1. The van der Waals surface area contributed by atoms with Gasteiger partial charge in [-0.15, -0.1) is 0 Å². The van der Waals surface area contributed by atoms with Crippen LogP contribution in [0.4, 0.5) is 4.79 Å². The first kappa shape index (κ1) is 17.9. The molecule has 1 saturated heterocycles. The Hall–Kier alpha value is -2.18. The molecule has 6 heteroatoms. The predicted molar refractivity (Wildman–Crippen MR) is 77.7 cm³/mol. The van der Waals surface area contributed by atoms with Crippen molar-refractivity contribution in [3.63, 3.8) is 0 Å². The van der Waals surface area contributed by atoms with Gasteiger partial charge in [0, 0.05) is 6.42 Å². The smallest absolute Gasteiger partial charge is 0.481 e. The van der Waals surface area contributed by atoms with Crippen molar-refractivity contribution in [1.29, 1.82) is 0 Å². The van der Waals surface area contributed by atoms with Gasteiger partial charge in [0.2, 0.25) is 0 Å². The molecular weight excluding hydrogens is 288 g/mol. The third-order valence-corrected chi connectivity index (χ3v) is 3.19. The lowest BCUT2D eigenvalue weighted by Crippen LogP contribution is -2.34. The Morgan fingerprint density at radius 1 is 1.23 bits per heavy atom. The summed E-state index contributed by atoms with van der Waals surface area (Å²) < 4.78 is 9.96. The molecule has 0 aromatic carbocycles. The maximum Gasteiger partial charge on any atom is 0.509 e. The van der Waals surface area contributed by atoms with Crippen LogP contribution >= 0.6 is 0 Å². The number of ether oxygens (including phenoxy) is 2. The summed E-state index contributed by atoms with van der Waals surface area (Å²) in [5, 5.41) is 18.4. The number of rotatable bonds is 8. The average molecular weight is 308 g/mol. The number of carbonyl (C=O) groups excluding carboxylic acids is 1. The lowest BCUT2D eigenvalue weighted by molar-refractivity contribution is -0.137. The van der Waals surface area contributed by atoms with Crippen molar-refractivity contribution in [1.82, 2.24) is 0 Å². The van der Waals surface area contributed by atoms with Crippen LogP contribution in [0.3, 0.4) is 0 Å². The van der Waals surface area contributed by atoms with E-state index in [-0.39, 0.29) is 6.42 Å². The van der Waals surface area contributed by atoms with Gasteiger partial charge in [-0.25, -0.2) is 4.79 Å². The summed E-state index contributed by atoms with van der Waals surface area (Å²) in [6.07, 6.45) is 0.439. The van der Waals surface area contributed by atoms with E-state index < -0.39 is 30.4 Å². The molecule has 0 aromatic rings. The summed E-state index contributed by atoms with van der Waals surface area (Å²) in [5.41, 5.74) is 0. The lowest BCUT2D eigenvalue weighted by atomic mass is 10.0. The second-order valence-corrected chi connectivity index (χ2v) is 4.92. The topological polar surface area (TPSA) is 93.1 Å². The standard InChI is InChI=1S/C16H20O6/c1-2-3-6-9-12(17)15-13(21-16(20)22-15)10-7-4-5-8-11-14(18)19/h12-13,15,17H,4-5,7-8,10-11H2,1H3,(H,18,19)/t12-,13-,15-/m0/s1. The van der Waals surface area contributed by atoms with Gasteiger partial charge in [-0.1, -0.05) is 24.7 Å². The van der Waals surface area contributed by atoms with Gasteiger partial charge < -0.3 is 19.7 Å². The Labute approximate surface area is 129 Å². The van der Waals surface area contributed by atoms with Gasteiger partial charge in [-0.2, -0.15) is 0 Å². The lowest BCUT2D eigenvalue weighted by Gasteiger charge is -2.16. The van der Waals surface area contributed by atoms with E-state index in [2.05, 4.69) is 23.7 Å². The van der Waals surface area contributed by atoms with Crippen LogP contribution in [0.5, 0.6) is 0 Å². The molecule has 0 aromatic heterocycles. The Morgan fingerprint density at radius 3 is 2.64 bits per heavy atom. The summed E-state index contributed by atoms with van der Waals surface area (Å²) in [6.45, 7) is 1.63. The fourth-order valence-corrected chi connectivity index (χ4v) is 2.13. The molecule has 2 N–H and O–H groups in total. The van der Waals surface area contributed by atoms with Crippen LogP contribution < -0.4 is 0 Å². The second-order valence-electron chi connectivity index (χ2n) is 4.92. The van der Waals surface area contributed by atoms with E-state index in [1.54, 1.807) is 6.92 Å². The average Bonchev–Trinajstić information content (AvgIpc) is 2.83. The third-order valence-electron chi connectivity index (χ3n) is 3.19. The molecule has 3 atom stereocenters. The van der Waals surface area contributed by atoms with Gasteiger partial charge >= 0.3 is 12.1 Å². The predicted octanol–water partition coefficient (Wildman–Crippen LogP) is 1.70. The first-order valence-corrected chi connectivity index (χ1v) is 7.24. The number of aliphatic hydroxyl groups is 1. The molecule has 1 rings (SSSR count). The zero-order valence-electron chi connectivity index (χ0n) is 12.5. The summed E-state index contributed by atoms with van der Waals surface area (Å²) >= 11 is 0. The molecule has 1 aliphatic rings. The fourth-order valence-electron chi connectivity index (χ4n) is 2.13. The van der Waals surface area contributed by atoms with Gasteiger partial charge in [0.15, 0.2) is 12.2 Å². The minimum atomic E-state index is -1.13.